The first-order valence-corrected chi connectivity index (χ1v) is 21.3. The molecule has 6 atom stereocenters. The minimum atomic E-state index is -2.07. The molecule has 4 rings (SSSR count). The molecule has 164 valence electrons. The molecule has 2 nitrogen and oxygen atoms in total. The third-order valence-corrected chi connectivity index (χ3v) is 19.5. The number of rotatable bonds is 10. The second-order valence-electron chi connectivity index (χ2n) is 12.3. The lowest BCUT2D eigenvalue weighted by molar-refractivity contribution is 0.370. The molecule has 0 radical (unpaired) electrons. The summed E-state index contributed by atoms with van der Waals surface area (Å²) in [5, 5.41) is 0. The van der Waals surface area contributed by atoms with E-state index in [1.54, 1.807) is 0 Å². The molecule has 4 aliphatic carbocycles. The fourth-order valence-electron chi connectivity index (χ4n) is 6.97. The molecule has 0 aromatic rings. The summed E-state index contributed by atoms with van der Waals surface area (Å²) in [7, 11) is -5.40. The zero-order chi connectivity index (χ0) is 20.9. The quantitative estimate of drug-likeness (QED) is 0.257. The van der Waals surface area contributed by atoms with Crippen molar-refractivity contribution < 1.29 is 8.23 Å². The van der Waals surface area contributed by atoms with Gasteiger partial charge in [-0.15, -0.1) is 0 Å². The number of fused-ring (bicyclic) bond motifs is 4. The maximum absolute atomic E-state index is 6.88. The van der Waals surface area contributed by atoms with Crippen LogP contribution in [0.3, 0.4) is 0 Å². The van der Waals surface area contributed by atoms with Gasteiger partial charge in [-0.3, -0.25) is 0 Å². The van der Waals surface area contributed by atoms with E-state index in [1.165, 1.54) is 50.6 Å². The Hall–Kier alpha value is 0.0506. The first-order valence-electron chi connectivity index (χ1n) is 12.3. The van der Waals surface area contributed by atoms with Crippen molar-refractivity contribution in [3.63, 3.8) is 0 Å². The van der Waals surface area contributed by atoms with Gasteiger partial charge in [-0.2, -0.15) is 0 Å². The molecule has 0 spiro atoms. The zero-order valence-electron chi connectivity index (χ0n) is 19.7. The summed E-state index contributed by atoms with van der Waals surface area (Å²) in [5.74, 6) is 5.38. The highest BCUT2D eigenvalue weighted by Crippen LogP contribution is 2.47. The predicted molar refractivity (Wildman–Crippen MR) is 131 cm³/mol. The average molecular weight is 449 g/mol. The van der Waals surface area contributed by atoms with Gasteiger partial charge in [0.1, 0.15) is 0 Å². The highest BCUT2D eigenvalue weighted by atomic mass is 28.5. The van der Waals surface area contributed by atoms with Crippen LogP contribution in [0, 0.1) is 35.5 Å². The summed E-state index contributed by atoms with van der Waals surface area (Å²) in [5.41, 5.74) is 0. The van der Waals surface area contributed by atoms with Crippen molar-refractivity contribution >= 4 is 25.2 Å². The van der Waals surface area contributed by atoms with E-state index in [0.29, 0.717) is 0 Å². The second-order valence-corrected chi connectivity index (χ2v) is 24.8. The predicted octanol–water partition coefficient (Wildman–Crippen LogP) is 7.34. The van der Waals surface area contributed by atoms with Gasteiger partial charge in [0.15, 0.2) is 16.6 Å². The van der Waals surface area contributed by atoms with Crippen LogP contribution in [0.4, 0.5) is 0 Å². The summed E-state index contributed by atoms with van der Waals surface area (Å²) in [6.07, 6.45) is 18.4. The topological polar surface area (TPSA) is 18.5 Å². The van der Waals surface area contributed by atoms with Crippen molar-refractivity contribution in [2.45, 2.75) is 89.9 Å². The van der Waals surface area contributed by atoms with Gasteiger partial charge in [0.05, 0.1) is 0 Å². The zero-order valence-corrected chi connectivity index (χ0v) is 22.7. The van der Waals surface area contributed by atoms with E-state index in [2.05, 4.69) is 63.6 Å². The molecular formula is C24H44O2Si3. The normalized spacial score (nSPS) is 35.9. The van der Waals surface area contributed by atoms with Crippen LogP contribution < -0.4 is 0 Å². The largest absolute Gasteiger partial charge is 0.437 e. The average Bonchev–Trinajstić information content (AvgIpc) is 3.36. The number of allylic oxidation sites excluding steroid dienone is 4. The number of hydrogen-bond donors (Lipinski definition) is 0. The molecule has 4 bridgehead atoms. The maximum Gasteiger partial charge on any atom is 0.311 e. The molecule has 0 saturated heterocycles. The van der Waals surface area contributed by atoms with Crippen LogP contribution in [-0.4, -0.2) is 25.2 Å². The van der Waals surface area contributed by atoms with Gasteiger partial charge < -0.3 is 8.23 Å². The van der Waals surface area contributed by atoms with Crippen LogP contribution in [0.2, 0.25) is 51.4 Å². The van der Waals surface area contributed by atoms with Gasteiger partial charge in [-0.1, -0.05) is 37.1 Å². The van der Waals surface area contributed by atoms with Gasteiger partial charge in [0.25, 0.3) is 0 Å². The highest BCUT2D eigenvalue weighted by Gasteiger charge is 2.42. The smallest absolute Gasteiger partial charge is 0.311 e. The van der Waals surface area contributed by atoms with Crippen molar-refractivity contribution in [2.24, 2.45) is 35.5 Å². The molecule has 2 saturated carbocycles. The van der Waals surface area contributed by atoms with Crippen molar-refractivity contribution in [1.82, 2.24) is 0 Å². The van der Waals surface area contributed by atoms with E-state index in [0.717, 1.165) is 35.5 Å². The summed E-state index contributed by atoms with van der Waals surface area (Å²) in [6.45, 7) is 14.4. The van der Waals surface area contributed by atoms with Gasteiger partial charge in [-0.25, -0.2) is 0 Å². The standard InChI is InChI=1S/C24H44O2Si3/c1-27(2,13-11-23-17-19-7-9-21(23)15-19)25-29(5,6)26-28(3,4)14-12-24-18-20-8-10-22(24)16-20/h7-10,19-24H,11-18H2,1-6H3/t19-,20-,21-,22-,23+,24+/m0/s1. The van der Waals surface area contributed by atoms with Crippen LogP contribution in [-0.2, 0) is 8.23 Å². The Balaban J connectivity index is 1.23. The summed E-state index contributed by atoms with van der Waals surface area (Å²) >= 11 is 0. The fourth-order valence-corrected chi connectivity index (χ4v) is 21.1. The minimum absolute atomic E-state index is 0.873. The van der Waals surface area contributed by atoms with E-state index in [9.17, 15) is 0 Å². The monoisotopic (exact) mass is 448 g/mol. The van der Waals surface area contributed by atoms with Gasteiger partial charge in [-0.05, 0) is 113 Å². The summed E-state index contributed by atoms with van der Waals surface area (Å²) in [6, 6.07) is 2.60. The van der Waals surface area contributed by atoms with Crippen molar-refractivity contribution in [3.05, 3.63) is 24.3 Å². The van der Waals surface area contributed by atoms with Crippen molar-refractivity contribution in [1.29, 1.82) is 0 Å². The van der Waals surface area contributed by atoms with Crippen LogP contribution >= 0.6 is 0 Å². The lowest BCUT2D eigenvalue weighted by Gasteiger charge is -2.39. The first-order chi connectivity index (χ1) is 13.5. The Morgan fingerprint density at radius 1 is 0.621 bits per heavy atom. The van der Waals surface area contributed by atoms with E-state index in [-0.39, 0.29) is 0 Å². The van der Waals surface area contributed by atoms with Crippen LogP contribution in [0.5, 0.6) is 0 Å². The fraction of sp³-hybridized carbons (Fsp3) is 0.833. The molecule has 2 fully saturated rings. The molecule has 5 heteroatoms. The van der Waals surface area contributed by atoms with Gasteiger partial charge in [0, 0.05) is 0 Å². The van der Waals surface area contributed by atoms with Crippen molar-refractivity contribution in [2.75, 3.05) is 0 Å². The molecule has 0 aliphatic heterocycles. The number of hydrogen-bond acceptors (Lipinski definition) is 2. The van der Waals surface area contributed by atoms with E-state index < -0.39 is 25.2 Å². The molecule has 0 aromatic carbocycles. The van der Waals surface area contributed by atoms with Crippen LogP contribution in [0.25, 0.3) is 0 Å². The maximum atomic E-state index is 6.88. The van der Waals surface area contributed by atoms with E-state index in [1.807, 2.05) is 0 Å². The van der Waals surface area contributed by atoms with Crippen LogP contribution in [0.1, 0.15) is 38.5 Å². The molecular weight excluding hydrogens is 405 g/mol. The summed E-state index contributed by atoms with van der Waals surface area (Å²) < 4.78 is 13.8. The van der Waals surface area contributed by atoms with E-state index >= 15 is 0 Å². The molecule has 0 aromatic heterocycles. The Labute approximate surface area is 183 Å². The SMILES string of the molecule is C[Si](C)(CC[C@@H]1C[C@H]2C=C[C@H]1C2)O[Si](C)(C)O[Si](C)(C)CC[C@@H]1C[C@H]2C=C[C@H]1C2. The van der Waals surface area contributed by atoms with Gasteiger partial charge in [0.2, 0.25) is 0 Å². The Kier molecular flexibility index (Phi) is 6.29. The Morgan fingerprint density at radius 2 is 1.03 bits per heavy atom. The lowest BCUT2D eigenvalue weighted by atomic mass is 9.91. The third kappa shape index (κ3) is 5.65. The highest BCUT2D eigenvalue weighted by molar-refractivity contribution is 6.87. The Morgan fingerprint density at radius 3 is 1.34 bits per heavy atom. The molecule has 4 aliphatic rings. The molecule has 29 heavy (non-hydrogen) atoms. The second kappa shape index (κ2) is 8.19. The summed E-state index contributed by atoms with van der Waals surface area (Å²) in [4.78, 5) is 0. The van der Waals surface area contributed by atoms with E-state index in [4.69, 9.17) is 8.23 Å². The third-order valence-electron chi connectivity index (χ3n) is 8.11. The molecule has 0 unspecified atom stereocenters. The van der Waals surface area contributed by atoms with Crippen molar-refractivity contribution in [3.8, 4) is 0 Å². The molecule has 0 amide bonds. The Bertz CT molecular complexity index is 601. The molecule has 0 N–H and O–H groups in total. The van der Waals surface area contributed by atoms with Crippen LogP contribution in [0.15, 0.2) is 24.3 Å². The minimum Gasteiger partial charge on any atom is -0.437 e. The molecule has 0 heterocycles. The van der Waals surface area contributed by atoms with Gasteiger partial charge >= 0.3 is 8.56 Å². The lowest BCUT2D eigenvalue weighted by Crippen LogP contribution is -2.52. The first kappa shape index (κ1) is 22.3.